The van der Waals surface area contributed by atoms with Crippen molar-refractivity contribution in [1.29, 1.82) is 0 Å². The molecule has 0 unspecified atom stereocenters. The van der Waals surface area contributed by atoms with Crippen LogP contribution < -0.4 is 4.90 Å². The molecule has 1 aliphatic heterocycles. The van der Waals surface area contributed by atoms with Crippen molar-refractivity contribution in [1.82, 2.24) is 0 Å². The standard InChI is InChI=1S/C15H12BrF2N/c16-12-5-10(6-14(18)7-12)9-19-4-3-11-1-2-13(17)8-15(11)19/h1-2,5-8H,3-4,9H2. The van der Waals surface area contributed by atoms with E-state index in [4.69, 9.17) is 0 Å². The van der Waals surface area contributed by atoms with Gasteiger partial charge in [-0.25, -0.2) is 8.78 Å². The molecular formula is C15H12BrF2N. The Labute approximate surface area is 119 Å². The van der Waals surface area contributed by atoms with Crippen molar-refractivity contribution in [3.63, 3.8) is 0 Å². The molecule has 0 fully saturated rings. The molecule has 1 aliphatic rings. The first-order chi connectivity index (χ1) is 9.11. The van der Waals surface area contributed by atoms with Crippen LogP contribution in [0.4, 0.5) is 14.5 Å². The Hall–Kier alpha value is -1.42. The zero-order valence-corrected chi connectivity index (χ0v) is 11.8. The number of hydrogen-bond donors (Lipinski definition) is 0. The first-order valence-electron chi connectivity index (χ1n) is 6.10. The van der Waals surface area contributed by atoms with Gasteiger partial charge in [0.1, 0.15) is 11.6 Å². The minimum Gasteiger partial charge on any atom is -0.367 e. The second-order valence-corrected chi connectivity index (χ2v) is 5.64. The lowest BCUT2D eigenvalue weighted by Gasteiger charge is -2.19. The van der Waals surface area contributed by atoms with E-state index in [0.717, 1.165) is 34.3 Å². The average molecular weight is 324 g/mol. The molecule has 0 N–H and O–H groups in total. The Morgan fingerprint density at radius 1 is 1.05 bits per heavy atom. The van der Waals surface area contributed by atoms with Crippen molar-refractivity contribution < 1.29 is 8.78 Å². The number of hydrogen-bond acceptors (Lipinski definition) is 1. The van der Waals surface area contributed by atoms with E-state index in [9.17, 15) is 8.78 Å². The molecular weight excluding hydrogens is 312 g/mol. The van der Waals surface area contributed by atoms with Crippen LogP contribution in [0.3, 0.4) is 0 Å². The monoisotopic (exact) mass is 323 g/mol. The summed E-state index contributed by atoms with van der Waals surface area (Å²) < 4.78 is 27.4. The van der Waals surface area contributed by atoms with Gasteiger partial charge >= 0.3 is 0 Å². The smallest absolute Gasteiger partial charge is 0.125 e. The van der Waals surface area contributed by atoms with Crippen molar-refractivity contribution in [2.24, 2.45) is 0 Å². The maximum atomic E-state index is 13.4. The van der Waals surface area contributed by atoms with Crippen molar-refractivity contribution in [2.75, 3.05) is 11.4 Å². The highest BCUT2D eigenvalue weighted by Crippen LogP contribution is 2.30. The molecule has 98 valence electrons. The van der Waals surface area contributed by atoms with Gasteiger partial charge in [0, 0.05) is 23.2 Å². The van der Waals surface area contributed by atoms with Gasteiger partial charge in [-0.15, -0.1) is 0 Å². The maximum Gasteiger partial charge on any atom is 0.125 e. The van der Waals surface area contributed by atoms with Crippen molar-refractivity contribution in [2.45, 2.75) is 13.0 Å². The predicted molar refractivity (Wildman–Crippen MR) is 75.3 cm³/mol. The predicted octanol–water partition coefficient (Wildman–Crippen LogP) is 4.29. The summed E-state index contributed by atoms with van der Waals surface area (Å²) in [5.74, 6) is -0.492. The van der Waals surface area contributed by atoms with Gasteiger partial charge in [0.05, 0.1) is 0 Å². The Bertz CT molecular complexity index is 607. The summed E-state index contributed by atoms with van der Waals surface area (Å²) in [6.07, 6.45) is 0.909. The third-order valence-electron chi connectivity index (χ3n) is 3.33. The summed E-state index contributed by atoms with van der Waals surface area (Å²) in [5.41, 5.74) is 2.95. The van der Waals surface area contributed by atoms with Gasteiger partial charge in [-0.1, -0.05) is 22.0 Å². The van der Waals surface area contributed by atoms with Gasteiger partial charge in [-0.3, -0.25) is 0 Å². The molecule has 0 spiro atoms. The summed E-state index contributed by atoms with van der Waals surface area (Å²) in [6.45, 7) is 1.43. The van der Waals surface area contributed by atoms with E-state index >= 15 is 0 Å². The van der Waals surface area contributed by atoms with Crippen LogP contribution in [0.5, 0.6) is 0 Å². The van der Waals surface area contributed by atoms with Gasteiger partial charge in [0.25, 0.3) is 0 Å². The van der Waals surface area contributed by atoms with Crippen LogP contribution in [0.2, 0.25) is 0 Å². The number of halogens is 3. The molecule has 2 aromatic carbocycles. The first-order valence-corrected chi connectivity index (χ1v) is 6.89. The van der Waals surface area contributed by atoms with Gasteiger partial charge in [-0.2, -0.15) is 0 Å². The molecule has 0 atom stereocenters. The molecule has 0 amide bonds. The highest BCUT2D eigenvalue weighted by molar-refractivity contribution is 9.10. The van der Waals surface area contributed by atoms with E-state index in [1.165, 1.54) is 18.2 Å². The summed E-state index contributed by atoms with van der Waals surface area (Å²) >= 11 is 3.29. The van der Waals surface area contributed by atoms with Gasteiger partial charge in [-0.05, 0) is 47.9 Å². The average Bonchev–Trinajstić information content (AvgIpc) is 2.70. The van der Waals surface area contributed by atoms with Crippen LogP contribution in [-0.2, 0) is 13.0 Å². The zero-order chi connectivity index (χ0) is 13.4. The van der Waals surface area contributed by atoms with Crippen molar-refractivity contribution in [3.05, 3.63) is 63.6 Å². The van der Waals surface area contributed by atoms with E-state index in [1.807, 2.05) is 12.1 Å². The molecule has 19 heavy (non-hydrogen) atoms. The lowest BCUT2D eigenvalue weighted by atomic mass is 10.1. The topological polar surface area (TPSA) is 3.24 Å². The van der Waals surface area contributed by atoms with Gasteiger partial charge in [0.2, 0.25) is 0 Å². The van der Waals surface area contributed by atoms with Gasteiger partial charge in [0.15, 0.2) is 0 Å². The molecule has 0 saturated carbocycles. The second-order valence-electron chi connectivity index (χ2n) is 4.72. The third-order valence-corrected chi connectivity index (χ3v) is 3.79. The molecule has 0 aliphatic carbocycles. The minimum absolute atomic E-state index is 0.230. The minimum atomic E-state index is -0.261. The van der Waals surface area contributed by atoms with Crippen LogP contribution in [0.25, 0.3) is 0 Å². The fraction of sp³-hybridized carbons (Fsp3) is 0.200. The number of anilines is 1. The van der Waals surface area contributed by atoms with Crippen LogP contribution >= 0.6 is 15.9 Å². The van der Waals surface area contributed by atoms with Crippen LogP contribution in [0.15, 0.2) is 40.9 Å². The fourth-order valence-electron chi connectivity index (χ4n) is 2.51. The first kappa shape index (κ1) is 12.6. The second kappa shape index (κ2) is 4.93. The normalized spacial score (nSPS) is 13.7. The molecule has 3 rings (SSSR count). The Morgan fingerprint density at radius 2 is 1.89 bits per heavy atom. The lowest BCUT2D eigenvalue weighted by molar-refractivity contribution is 0.622. The quantitative estimate of drug-likeness (QED) is 0.796. The summed E-state index contributed by atoms with van der Waals surface area (Å²) in [5, 5.41) is 0. The van der Waals surface area contributed by atoms with Crippen LogP contribution in [0, 0.1) is 11.6 Å². The van der Waals surface area contributed by atoms with Crippen LogP contribution in [0.1, 0.15) is 11.1 Å². The Morgan fingerprint density at radius 3 is 2.68 bits per heavy atom. The molecule has 1 nitrogen and oxygen atoms in total. The van der Waals surface area contributed by atoms with E-state index in [2.05, 4.69) is 20.8 Å². The summed E-state index contributed by atoms with van der Waals surface area (Å²) in [4.78, 5) is 2.08. The largest absolute Gasteiger partial charge is 0.367 e. The van der Waals surface area contributed by atoms with Crippen LogP contribution in [-0.4, -0.2) is 6.54 Å². The van der Waals surface area contributed by atoms with E-state index in [0.29, 0.717) is 6.54 Å². The molecule has 1 heterocycles. The maximum absolute atomic E-state index is 13.4. The van der Waals surface area contributed by atoms with Crippen molar-refractivity contribution in [3.8, 4) is 0 Å². The Kier molecular flexibility index (Phi) is 3.27. The number of nitrogens with zero attached hydrogens (tertiary/aromatic N) is 1. The van der Waals surface area contributed by atoms with Gasteiger partial charge < -0.3 is 4.90 Å². The molecule has 2 aromatic rings. The number of rotatable bonds is 2. The van der Waals surface area contributed by atoms with Crippen molar-refractivity contribution >= 4 is 21.6 Å². The molecule has 0 radical (unpaired) electrons. The van der Waals surface area contributed by atoms with E-state index in [-0.39, 0.29) is 11.6 Å². The SMILES string of the molecule is Fc1cc(Br)cc(CN2CCc3ccc(F)cc32)c1. The Balaban J connectivity index is 1.88. The lowest BCUT2D eigenvalue weighted by Crippen LogP contribution is -2.19. The van der Waals surface area contributed by atoms with E-state index < -0.39 is 0 Å². The van der Waals surface area contributed by atoms with E-state index in [1.54, 1.807) is 6.07 Å². The molecule has 0 bridgehead atoms. The zero-order valence-electron chi connectivity index (χ0n) is 10.2. The number of fused-ring (bicyclic) bond motifs is 1. The fourth-order valence-corrected chi connectivity index (χ4v) is 3.02. The highest BCUT2D eigenvalue weighted by Gasteiger charge is 2.19. The number of benzene rings is 2. The molecule has 0 saturated heterocycles. The highest BCUT2D eigenvalue weighted by atomic mass is 79.9. The molecule has 0 aromatic heterocycles. The third kappa shape index (κ3) is 2.63. The summed E-state index contributed by atoms with van der Waals surface area (Å²) in [7, 11) is 0. The summed E-state index contributed by atoms with van der Waals surface area (Å²) in [6, 6.07) is 9.70. The molecule has 4 heteroatoms.